The molecule has 1 aromatic carbocycles. The molecule has 6 nitrogen and oxygen atoms in total. The lowest BCUT2D eigenvalue weighted by atomic mass is 10.2. The standard InChI is InChI=1S/C16H16FN3O3S/c1-2-8-19(10-12-3-5-13(17)6-4-12)15(22)18-7-9-20-14(21)11-24-16(20)23/h1,3-6H,7-11H2,(H,18,22). The Morgan fingerprint density at radius 1 is 1.38 bits per heavy atom. The van der Waals surface area contributed by atoms with Gasteiger partial charge >= 0.3 is 6.03 Å². The summed E-state index contributed by atoms with van der Waals surface area (Å²) < 4.78 is 12.9. The highest BCUT2D eigenvalue weighted by atomic mass is 32.2. The van der Waals surface area contributed by atoms with Crippen LogP contribution in [0.2, 0.25) is 0 Å². The van der Waals surface area contributed by atoms with Crippen molar-refractivity contribution in [3.63, 3.8) is 0 Å². The van der Waals surface area contributed by atoms with Gasteiger partial charge in [-0.2, -0.15) is 0 Å². The lowest BCUT2D eigenvalue weighted by Crippen LogP contribution is -2.43. The van der Waals surface area contributed by atoms with Crippen LogP contribution in [0.3, 0.4) is 0 Å². The lowest BCUT2D eigenvalue weighted by Gasteiger charge is -2.22. The Morgan fingerprint density at radius 3 is 2.67 bits per heavy atom. The average molecular weight is 349 g/mol. The molecule has 1 saturated heterocycles. The van der Waals surface area contributed by atoms with Gasteiger partial charge in [-0.15, -0.1) is 6.42 Å². The van der Waals surface area contributed by atoms with E-state index in [1.165, 1.54) is 17.0 Å². The highest BCUT2D eigenvalue weighted by Crippen LogP contribution is 2.17. The number of hydrogen-bond donors (Lipinski definition) is 1. The van der Waals surface area contributed by atoms with Crippen molar-refractivity contribution in [2.45, 2.75) is 6.54 Å². The Hall–Kier alpha value is -2.53. The van der Waals surface area contributed by atoms with E-state index in [-0.39, 0.29) is 48.9 Å². The fourth-order valence-electron chi connectivity index (χ4n) is 2.10. The largest absolute Gasteiger partial charge is 0.336 e. The van der Waals surface area contributed by atoms with Crippen molar-refractivity contribution < 1.29 is 18.8 Å². The summed E-state index contributed by atoms with van der Waals surface area (Å²) in [6.07, 6.45) is 5.28. The highest BCUT2D eigenvalue weighted by molar-refractivity contribution is 8.14. The first-order valence-corrected chi connectivity index (χ1v) is 8.17. The first-order valence-electron chi connectivity index (χ1n) is 7.19. The number of urea groups is 1. The molecule has 0 radical (unpaired) electrons. The van der Waals surface area contributed by atoms with E-state index >= 15 is 0 Å². The molecule has 0 aromatic heterocycles. The van der Waals surface area contributed by atoms with Crippen LogP contribution in [0.4, 0.5) is 14.0 Å². The zero-order valence-corrected chi connectivity index (χ0v) is 13.6. The summed E-state index contributed by atoms with van der Waals surface area (Å²) in [4.78, 5) is 37.6. The minimum Gasteiger partial charge on any atom is -0.336 e. The van der Waals surface area contributed by atoms with Gasteiger partial charge in [-0.05, 0) is 17.7 Å². The smallest absolute Gasteiger partial charge is 0.318 e. The van der Waals surface area contributed by atoms with Crippen LogP contribution < -0.4 is 5.32 Å². The van der Waals surface area contributed by atoms with Gasteiger partial charge in [0.05, 0.1) is 12.3 Å². The summed E-state index contributed by atoms with van der Waals surface area (Å²) in [5, 5.41) is 2.32. The number of benzene rings is 1. The molecule has 0 spiro atoms. The number of rotatable bonds is 6. The van der Waals surface area contributed by atoms with E-state index in [9.17, 15) is 18.8 Å². The number of imide groups is 1. The summed E-state index contributed by atoms with van der Waals surface area (Å²) in [7, 11) is 0. The van der Waals surface area contributed by atoms with E-state index in [0.29, 0.717) is 0 Å². The quantitative estimate of drug-likeness (QED) is 0.793. The van der Waals surface area contributed by atoms with Crippen molar-refractivity contribution in [3.8, 4) is 12.3 Å². The molecule has 24 heavy (non-hydrogen) atoms. The number of nitrogens with zero attached hydrogens (tertiary/aromatic N) is 2. The number of nitrogens with one attached hydrogen (secondary N) is 1. The van der Waals surface area contributed by atoms with Crippen LogP contribution in [-0.4, -0.2) is 52.4 Å². The Labute approximate surface area is 143 Å². The van der Waals surface area contributed by atoms with Crippen molar-refractivity contribution >= 4 is 28.9 Å². The molecule has 1 N–H and O–H groups in total. The molecule has 4 amide bonds. The van der Waals surface area contributed by atoms with Crippen molar-refractivity contribution in [1.29, 1.82) is 0 Å². The van der Waals surface area contributed by atoms with E-state index in [0.717, 1.165) is 22.2 Å². The fraction of sp³-hybridized carbons (Fsp3) is 0.312. The van der Waals surface area contributed by atoms with Crippen LogP contribution in [0.5, 0.6) is 0 Å². The summed E-state index contributed by atoms with van der Waals surface area (Å²) in [5.74, 6) is 1.92. The van der Waals surface area contributed by atoms with Gasteiger partial charge < -0.3 is 10.2 Å². The minimum absolute atomic E-state index is 0.0840. The van der Waals surface area contributed by atoms with Gasteiger partial charge in [0.25, 0.3) is 5.24 Å². The van der Waals surface area contributed by atoms with Crippen molar-refractivity contribution in [2.75, 3.05) is 25.4 Å². The number of halogens is 1. The lowest BCUT2D eigenvalue weighted by molar-refractivity contribution is -0.124. The third-order valence-corrected chi connectivity index (χ3v) is 4.17. The first kappa shape index (κ1) is 17.8. The second kappa shape index (κ2) is 8.36. The number of hydrogen-bond acceptors (Lipinski definition) is 4. The number of carbonyl (C=O) groups excluding carboxylic acids is 3. The summed E-state index contributed by atoms with van der Waals surface area (Å²) in [5.41, 5.74) is 0.739. The number of terminal acetylenes is 1. The molecule has 1 aliphatic heterocycles. The molecule has 1 aromatic rings. The zero-order valence-electron chi connectivity index (χ0n) is 12.8. The molecule has 0 unspecified atom stereocenters. The van der Waals surface area contributed by atoms with Crippen LogP contribution in [0, 0.1) is 18.2 Å². The SMILES string of the molecule is C#CCN(Cc1ccc(F)cc1)C(=O)NCCN1C(=O)CSC1=O. The Balaban J connectivity index is 1.87. The Kier molecular flexibility index (Phi) is 6.21. The number of carbonyl (C=O) groups is 3. The monoisotopic (exact) mass is 349 g/mol. The highest BCUT2D eigenvalue weighted by Gasteiger charge is 2.29. The molecular weight excluding hydrogens is 333 g/mol. The van der Waals surface area contributed by atoms with Crippen LogP contribution in [0.1, 0.15) is 5.56 Å². The molecule has 2 rings (SSSR count). The van der Waals surface area contributed by atoms with Crippen LogP contribution in [0.25, 0.3) is 0 Å². The maximum absolute atomic E-state index is 12.9. The third-order valence-electron chi connectivity index (χ3n) is 3.31. The molecule has 0 atom stereocenters. The topological polar surface area (TPSA) is 69.7 Å². The molecule has 0 aliphatic carbocycles. The van der Waals surface area contributed by atoms with Crippen molar-refractivity contribution in [3.05, 3.63) is 35.6 Å². The van der Waals surface area contributed by atoms with Gasteiger partial charge in [-0.3, -0.25) is 14.5 Å². The molecule has 126 valence electrons. The molecule has 0 saturated carbocycles. The third kappa shape index (κ3) is 4.73. The van der Waals surface area contributed by atoms with Gasteiger partial charge in [0.2, 0.25) is 5.91 Å². The summed E-state index contributed by atoms with van der Waals surface area (Å²) in [6.45, 7) is 0.576. The van der Waals surface area contributed by atoms with Crippen molar-refractivity contribution in [1.82, 2.24) is 15.1 Å². The molecule has 1 heterocycles. The fourth-order valence-corrected chi connectivity index (χ4v) is 2.86. The van der Waals surface area contributed by atoms with E-state index in [1.807, 2.05) is 0 Å². The first-order chi connectivity index (χ1) is 11.5. The second-order valence-electron chi connectivity index (χ2n) is 5.02. The minimum atomic E-state index is -0.413. The number of amides is 4. The van der Waals surface area contributed by atoms with Gasteiger partial charge in [0.15, 0.2) is 0 Å². The van der Waals surface area contributed by atoms with Crippen LogP contribution >= 0.6 is 11.8 Å². The summed E-state index contributed by atoms with van der Waals surface area (Å²) >= 11 is 0.947. The summed E-state index contributed by atoms with van der Waals surface area (Å²) in [6, 6.07) is 5.35. The van der Waals surface area contributed by atoms with Gasteiger partial charge in [0.1, 0.15) is 5.82 Å². The number of thioether (sulfide) groups is 1. The molecule has 8 heteroatoms. The van der Waals surface area contributed by atoms with Gasteiger partial charge in [-0.25, -0.2) is 9.18 Å². The molecule has 1 aliphatic rings. The molecule has 0 bridgehead atoms. The van der Waals surface area contributed by atoms with Crippen LogP contribution in [0.15, 0.2) is 24.3 Å². The van der Waals surface area contributed by atoms with Gasteiger partial charge in [0, 0.05) is 19.6 Å². The molecular formula is C16H16FN3O3S. The Morgan fingerprint density at radius 2 is 2.08 bits per heavy atom. The van der Waals surface area contributed by atoms with Crippen molar-refractivity contribution in [2.24, 2.45) is 0 Å². The van der Waals surface area contributed by atoms with Gasteiger partial charge in [-0.1, -0.05) is 29.8 Å². The average Bonchev–Trinajstić information content (AvgIpc) is 2.88. The maximum atomic E-state index is 12.9. The van der Waals surface area contributed by atoms with Crippen LogP contribution in [-0.2, 0) is 11.3 Å². The van der Waals surface area contributed by atoms with E-state index in [2.05, 4.69) is 11.2 Å². The normalized spacial score (nSPS) is 13.8. The zero-order chi connectivity index (χ0) is 17.5. The van der Waals surface area contributed by atoms with E-state index in [4.69, 9.17) is 6.42 Å². The predicted molar refractivity (Wildman–Crippen MR) is 88.6 cm³/mol. The Bertz CT molecular complexity index is 656. The predicted octanol–water partition coefficient (Wildman–Crippen LogP) is 1.67. The second-order valence-corrected chi connectivity index (χ2v) is 5.95. The van der Waals surface area contributed by atoms with E-state index in [1.54, 1.807) is 12.1 Å². The molecule has 1 fully saturated rings. The van der Waals surface area contributed by atoms with E-state index < -0.39 is 6.03 Å². The maximum Gasteiger partial charge on any atom is 0.318 e.